The number of benzene rings is 2. The molecule has 268 valence electrons. The van der Waals surface area contributed by atoms with Crippen LogP contribution in [0.4, 0.5) is 5.69 Å². The fourth-order valence-corrected chi connectivity index (χ4v) is 8.95. The first-order chi connectivity index (χ1) is 23.7. The first-order valence-corrected chi connectivity index (χ1v) is 20.0. The van der Waals surface area contributed by atoms with E-state index in [1.807, 2.05) is 25.1 Å². The van der Waals surface area contributed by atoms with Crippen molar-refractivity contribution < 1.29 is 27.4 Å². The largest absolute Gasteiger partial charge is 0.491 e. The van der Waals surface area contributed by atoms with E-state index in [-0.39, 0.29) is 12.0 Å². The lowest BCUT2D eigenvalue weighted by Gasteiger charge is -2.44. The summed E-state index contributed by atoms with van der Waals surface area (Å²) in [4.78, 5) is 18.2. The van der Waals surface area contributed by atoms with Crippen molar-refractivity contribution in [2.24, 2.45) is 17.8 Å². The molecule has 2 bridgehead atoms. The highest BCUT2D eigenvalue weighted by Gasteiger charge is 2.38. The maximum Gasteiger partial charge on any atom is 0.264 e. The molecule has 1 amide bonds. The van der Waals surface area contributed by atoms with Gasteiger partial charge in [-0.2, -0.15) is 0 Å². The molecule has 2 aromatic carbocycles. The average Bonchev–Trinajstić information content (AvgIpc) is 3.06. The molecule has 9 nitrogen and oxygen atoms in total. The molecule has 2 aromatic rings. The van der Waals surface area contributed by atoms with Crippen LogP contribution in [0.25, 0.3) is 0 Å². The molecule has 3 heterocycles. The summed E-state index contributed by atoms with van der Waals surface area (Å²) in [6.07, 6.45) is 10.4. The lowest BCUT2D eigenvalue weighted by molar-refractivity contribution is -0.0314. The number of nitrogens with one attached hydrogen (secondary N) is 1. The molecule has 1 N–H and O–H groups in total. The molecule has 1 aliphatic carbocycles. The summed E-state index contributed by atoms with van der Waals surface area (Å²) < 4.78 is 47.7. The van der Waals surface area contributed by atoms with Crippen LogP contribution in [0, 0.1) is 17.8 Å². The smallest absolute Gasteiger partial charge is 0.264 e. The highest BCUT2D eigenvalue weighted by atomic mass is 35.5. The van der Waals surface area contributed by atoms with E-state index in [1.165, 1.54) is 11.1 Å². The van der Waals surface area contributed by atoms with Gasteiger partial charge < -0.3 is 19.1 Å². The van der Waals surface area contributed by atoms with Crippen molar-refractivity contribution >= 4 is 33.2 Å². The fourth-order valence-electron chi connectivity index (χ4n) is 7.62. The third-order valence-electron chi connectivity index (χ3n) is 10.8. The topological polar surface area (TPSA) is 97.4 Å². The number of carbonyl (C=O) groups excluding carboxylic acids is 1. The summed E-state index contributed by atoms with van der Waals surface area (Å²) >= 11 is 6.38. The number of morpholine rings is 1. The van der Waals surface area contributed by atoms with Gasteiger partial charge in [0.15, 0.2) is 0 Å². The molecular formula is C38H52ClN3O6S. The van der Waals surface area contributed by atoms with Gasteiger partial charge in [0.05, 0.1) is 43.5 Å². The summed E-state index contributed by atoms with van der Waals surface area (Å²) in [6, 6.07) is 11.4. The number of carbonyl (C=O) groups is 1. The van der Waals surface area contributed by atoms with Crippen molar-refractivity contribution in [3.8, 4) is 5.75 Å². The molecule has 1 saturated carbocycles. The van der Waals surface area contributed by atoms with E-state index in [2.05, 4.69) is 38.8 Å². The zero-order valence-electron chi connectivity index (χ0n) is 28.9. The Morgan fingerprint density at radius 1 is 0.959 bits per heavy atom. The van der Waals surface area contributed by atoms with Crippen LogP contribution in [0.15, 0.2) is 48.6 Å². The van der Waals surface area contributed by atoms with Crippen molar-refractivity contribution in [3.63, 3.8) is 0 Å². The normalized spacial score (nSPS) is 29.1. The Hall–Kier alpha value is -2.63. The van der Waals surface area contributed by atoms with Gasteiger partial charge in [0.1, 0.15) is 5.75 Å². The zero-order valence-corrected chi connectivity index (χ0v) is 30.5. The van der Waals surface area contributed by atoms with E-state index in [0.717, 1.165) is 95.2 Å². The third kappa shape index (κ3) is 9.38. The molecule has 0 radical (unpaired) electrons. The minimum atomic E-state index is -3.90. The van der Waals surface area contributed by atoms with Gasteiger partial charge in [-0.3, -0.25) is 9.69 Å². The van der Waals surface area contributed by atoms with E-state index in [1.54, 1.807) is 13.0 Å². The number of amides is 1. The Morgan fingerprint density at radius 2 is 1.80 bits per heavy atom. The van der Waals surface area contributed by atoms with E-state index >= 15 is 0 Å². The molecule has 5 atom stereocenters. The van der Waals surface area contributed by atoms with Crippen molar-refractivity contribution in [2.45, 2.75) is 70.1 Å². The number of sulfonamides is 1. The highest BCUT2D eigenvalue weighted by Crippen LogP contribution is 2.42. The van der Waals surface area contributed by atoms with Crippen LogP contribution in [0.5, 0.6) is 5.75 Å². The van der Waals surface area contributed by atoms with Crippen LogP contribution in [0.1, 0.15) is 67.4 Å². The molecule has 49 heavy (non-hydrogen) atoms. The quantitative estimate of drug-likeness (QED) is 0.392. The van der Waals surface area contributed by atoms with Crippen LogP contribution in [-0.2, 0) is 32.3 Å². The fraction of sp³-hybridized carbons (Fsp3) is 0.605. The predicted molar refractivity (Wildman–Crippen MR) is 194 cm³/mol. The summed E-state index contributed by atoms with van der Waals surface area (Å²) in [5.41, 5.74) is 3.65. The van der Waals surface area contributed by atoms with Crippen LogP contribution >= 0.6 is 11.6 Å². The summed E-state index contributed by atoms with van der Waals surface area (Å²) in [5, 5.41) is 0.00446. The number of hydrogen-bond acceptors (Lipinski definition) is 8. The minimum absolute atomic E-state index is 0.00319. The Bertz CT molecular complexity index is 1580. The van der Waals surface area contributed by atoms with Gasteiger partial charge >= 0.3 is 0 Å². The first kappa shape index (κ1) is 36.2. The molecule has 0 spiro atoms. The number of halogens is 1. The van der Waals surface area contributed by atoms with Gasteiger partial charge in [-0.15, -0.1) is 0 Å². The average molecular weight is 714 g/mol. The lowest BCUT2D eigenvalue weighted by Crippen LogP contribution is -2.45. The summed E-state index contributed by atoms with van der Waals surface area (Å²) in [5.74, 6) is 0.827. The number of rotatable bonds is 4. The van der Waals surface area contributed by atoms with E-state index in [9.17, 15) is 13.2 Å². The van der Waals surface area contributed by atoms with Crippen LogP contribution in [0.3, 0.4) is 0 Å². The molecular weight excluding hydrogens is 662 g/mol. The van der Waals surface area contributed by atoms with Crippen LogP contribution in [-0.4, -0.2) is 89.7 Å². The maximum absolute atomic E-state index is 13.5. The molecule has 4 aliphatic rings. The molecule has 6 rings (SSSR count). The van der Waals surface area contributed by atoms with Gasteiger partial charge in [0.2, 0.25) is 10.0 Å². The third-order valence-corrected chi connectivity index (χ3v) is 12.7. The van der Waals surface area contributed by atoms with Crippen molar-refractivity contribution in [2.75, 3.05) is 64.1 Å². The SMILES string of the molecule is C[C@@H]1C[C@@H](C)/C=C/[C@H](OCCN2CCOCC2)[C@@H]2CC[C@H]2CN2CCCCc3cc(Cl)ccc3CCOc3ccc(cc32)C(=O)NS1(=O)=O. The molecule has 0 unspecified atom stereocenters. The Kier molecular flexibility index (Phi) is 12.2. The first-order valence-electron chi connectivity index (χ1n) is 18.1. The zero-order chi connectivity index (χ0) is 34.4. The number of ether oxygens (including phenoxy) is 3. The summed E-state index contributed by atoms with van der Waals surface area (Å²) in [6.45, 7) is 10.6. The van der Waals surface area contributed by atoms with Crippen molar-refractivity contribution in [1.29, 1.82) is 0 Å². The predicted octanol–water partition coefficient (Wildman–Crippen LogP) is 5.89. The number of allylic oxidation sites excluding steroid dienone is 1. The number of hydrogen-bond donors (Lipinski definition) is 1. The van der Waals surface area contributed by atoms with Crippen LogP contribution in [0.2, 0.25) is 5.02 Å². The number of aryl methyl sites for hydroxylation is 1. The Labute approximate surface area is 297 Å². The molecule has 2 fully saturated rings. The molecule has 11 heteroatoms. The Balaban J connectivity index is 1.30. The van der Waals surface area contributed by atoms with Gasteiger partial charge in [-0.1, -0.05) is 36.7 Å². The van der Waals surface area contributed by atoms with E-state index in [4.69, 9.17) is 25.8 Å². The Morgan fingerprint density at radius 3 is 2.59 bits per heavy atom. The second-order valence-corrected chi connectivity index (χ2v) is 16.8. The van der Waals surface area contributed by atoms with Crippen LogP contribution < -0.4 is 14.4 Å². The molecule has 0 aromatic heterocycles. The second-order valence-electron chi connectivity index (χ2n) is 14.3. The standard InChI is InChI=1S/C38H52ClN3O6S/c1-27-6-12-36(48-22-18-41-16-20-46-21-17-41)34-11-8-32(34)26-42-15-4-3-5-30-24-33(39)10-7-29(30)14-19-47-37-13-9-31(25-35(37)42)38(43)40-49(44,45)28(2)23-27/h6-7,9-10,12-13,24-25,27-28,32,34,36H,3-5,8,11,14-23,26H2,1-2H3,(H,40,43)/b12-6+/t27-,28+,32-,34+,36-/m0/s1. The molecule has 3 aliphatic heterocycles. The maximum atomic E-state index is 13.5. The minimum Gasteiger partial charge on any atom is -0.491 e. The van der Waals surface area contributed by atoms with E-state index in [0.29, 0.717) is 42.8 Å². The summed E-state index contributed by atoms with van der Waals surface area (Å²) in [7, 11) is -3.90. The van der Waals surface area contributed by atoms with Crippen molar-refractivity contribution in [3.05, 3.63) is 70.3 Å². The number of anilines is 1. The van der Waals surface area contributed by atoms with Gasteiger partial charge in [0, 0.05) is 49.7 Å². The number of nitrogens with zero attached hydrogens (tertiary/aromatic N) is 2. The van der Waals surface area contributed by atoms with E-state index < -0.39 is 21.2 Å². The van der Waals surface area contributed by atoms with Gasteiger partial charge in [0.25, 0.3) is 5.91 Å². The molecule has 1 saturated heterocycles. The number of fused-ring (bicyclic) bond motifs is 3. The van der Waals surface area contributed by atoms with Crippen molar-refractivity contribution in [1.82, 2.24) is 9.62 Å². The monoisotopic (exact) mass is 713 g/mol. The van der Waals surface area contributed by atoms with Gasteiger partial charge in [-0.05, 0) is 105 Å². The van der Waals surface area contributed by atoms with Gasteiger partial charge in [-0.25, -0.2) is 13.1 Å². The highest BCUT2D eigenvalue weighted by molar-refractivity contribution is 7.90. The second kappa shape index (κ2) is 16.6. The lowest BCUT2D eigenvalue weighted by atomic mass is 9.70.